The molecule has 0 bridgehead atoms. The molecule has 0 radical (unpaired) electrons. The number of unbranched alkanes of at least 4 members (excludes halogenated alkanes) is 4. The number of nitrogens with one attached hydrogen (secondary N) is 3. The highest BCUT2D eigenvalue weighted by Crippen LogP contribution is 2.16. The van der Waals surface area contributed by atoms with E-state index in [0.717, 1.165) is 25.7 Å². The highest BCUT2D eigenvalue weighted by Gasteiger charge is 2.32. The molecule has 0 saturated heterocycles. The normalized spacial score (nSPS) is 13.7. The van der Waals surface area contributed by atoms with Crippen molar-refractivity contribution in [2.24, 2.45) is 5.73 Å². The Kier molecular flexibility index (Phi) is 26.7. The topological polar surface area (TPSA) is 245 Å². The van der Waals surface area contributed by atoms with E-state index in [0.29, 0.717) is 12.8 Å². The second kappa shape index (κ2) is 28.6. The summed E-state index contributed by atoms with van der Waals surface area (Å²) < 4.78 is 27.1. The van der Waals surface area contributed by atoms with Gasteiger partial charge in [0.2, 0.25) is 17.7 Å². The molecule has 346 valence electrons. The van der Waals surface area contributed by atoms with Crippen molar-refractivity contribution in [2.75, 3.05) is 24.7 Å². The molecule has 3 amide bonds. The minimum Gasteiger partial charge on any atom is -0.462 e. The Balaban J connectivity index is 5.68. The number of hydrogen-bond donors (Lipinski definition) is 4. The molecule has 0 fully saturated rings. The Hall–Kier alpha value is -3.93. The van der Waals surface area contributed by atoms with Gasteiger partial charge in [-0.05, 0) is 88.0 Å². The van der Waals surface area contributed by atoms with Crippen LogP contribution < -0.4 is 21.7 Å². The molecule has 60 heavy (non-hydrogen) atoms. The quantitative estimate of drug-likeness (QED) is 0.0486. The highest BCUT2D eigenvalue weighted by molar-refractivity contribution is 7.99. The van der Waals surface area contributed by atoms with Crippen molar-refractivity contribution in [3.8, 4) is 0 Å². The molecule has 0 aromatic carbocycles. The second-order valence-corrected chi connectivity index (χ2v) is 18.6. The third kappa shape index (κ3) is 30.1. The van der Waals surface area contributed by atoms with Gasteiger partial charge in [-0.15, -0.1) is 0 Å². The van der Waals surface area contributed by atoms with Gasteiger partial charge in [-0.1, -0.05) is 39.5 Å². The number of carbonyl (C=O) groups is 8. The van der Waals surface area contributed by atoms with Gasteiger partial charge >= 0.3 is 29.8 Å². The maximum absolute atomic E-state index is 13.7. The van der Waals surface area contributed by atoms with Crippen LogP contribution in [0.15, 0.2) is 0 Å². The summed E-state index contributed by atoms with van der Waals surface area (Å²) in [4.78, 5) is 102. The van der Waals surface area contributed by atoms with E-state index in [4.69, 9.17) is 29.4 Å². The van der Waals surface area contributed by atoms with Crippen LogP contribution in [0.4, 0.5) is 0 Å². The maximum Gasteiger partial charge on any atom is 0.329 e. The summed E-state index contributed by atoms with van der Waals surface area (Å²) in [6.07, 6.45) is 3.80. The van der Waals surface area contributed by atoms with Crippen LogP contribution in [0.25, 0.3) is 0 Å². The lowest BCUT2D eigenvalue weighted by molar-refractivity contribution is -0.161. The third-order valence-electron chi connectivity index (χ3n) is 7.83. The van der Waals surface area contributed by atoms with E-state index in [2.05, 4.69) is 16.0 Å². The number of carbonyl (C=O) groups excluding carboxylic acids is 8. The largest absolute Gasteiger partial charge is 0.462 e. The number of amides is 3. The van der Waals surface area contributed by atoms with Crippen LogP contribution in [-0.2, 0) is 62.0 Å². The Bertz CT molecular complexity index is 1390. The van der Waals surface area contributed by atoms with Gasteiger partial charge in [0, 0.05) is 37.2 Å². The van der Waals surface area contributed by atoms with Crippen LogP contribution in [0, 0.1) is 0 Å². The lowest BCUT2D eigenvalue weighted by Gasteiger charge is -2.27. The number of ether oxygens (including phenoxy) is 5. The summed E-state index contributed by atoms with van der Waals surface area (Å²) in [5.74, 6) is -4.94. The van der Waals surface area contributed by atoms with E-state index in [1.54, 1.807) is 62.3 Å². The van der Waals surface area contributed by atoms with Crippen LogP contribution in [0.1, 0.15) is 153 Å². The summed E-state index contributed by atoms with van der Waals surface area (Å²) in [6.45, 7) is 18.3. The summed E-state index contributed by atoms with van der Waals surface area (Å²) in [7, 11) is 0. The number of nitrogens with two attached hydrogens (primary N) is 1. The number of thioether (sulfide) groups is 1. The van der Waals surface area contributed by atoms with Gasteiger partial charge in [-0.2, -0.15) is 11.8 Å². The fraction of sp³-hybridized carbons (Fsp3) is 0.810. The molecule has 0 aromatic rings. The minimum absolute atomic E-state index is 0.0675. The molecule has 4 atom stereocenters. The van der Waals surface area contributed by atoms with Gasteiger partial charge in [0.05, 0.1) is 12.6 Å². The predicted octanol–water partition coefficient (Wildman–Crippen LogP) is 4.33. The molecule has 0 aliphatic carbocycles. The predicted molar refractivity (Wildman–Crippen MR) is 227 cm³/mol. The van der Waals surface area contributed by atoms with Crippen LogP contribution in [0.5, 0.6) is 0 Å². The zero-order chi connectivity index (χ0) is 46.1. The van der Waals surface area contributed by atoms with E-state index in [-0.39, 0.29) is 62.6 Å². The van der Waals surface area contributed by atoms with Crippen molar-refractivity contribution in [1.82, 2.24) is 16.0 Å². The fourth-order valence-electron chi connectivity index (χ4n) is 5.08. The average molecular weight is 875 g/mol. The lowest BCUT2D eigenvalue weighted by Crippen LogP contribution is -2.54. The van der Waals surface area contributed by atoms with Gasteiger partial charge < -0.3 is 45.4 Å². The molecule has 17 nitrogen and oxygen atoms in total. The summed E-state index contributed by atoms with van der Waals surface area (Å²) in [6, 6.07) is -3.78. The number of rotatable bonds is 28. The average Bonchev–Trinajstić information content (AvgIpc) is 3.10. The molecule has 0 aliphatic rings. The molecule has 0 heterocycles. The summed E-state index contributed by atoms with van der Waals surface area (Å²) >= 11 is 1.20. The first-order valence-corrected chi connectivity index (χ1v) is 22.1. The summed E-state index contributed by atoms with van der Waals surface area (Å²) in [5.41, 5.74) is 3.57. The summed E-state index contributed by atoms with van der Waals surface area (Å²) in [5, 5.41) is 7.47. The van der Waals surface area contributed by atoms with Gasteiger partial charge in [0.1, 0.15) is 41.6 Å². The van der Waals surface area contributed by atoms with E-state index < -0.39 is 89.2 Å². The Morgan fingerprint density at radius 2 is 1.08 bits per heavy atom. The molecule has 5 N–H and O–H groups in total. The fourth-order valence-corrected chi connectivity index (χ4v) is 6.04. The van der Waals surface area contributed by atoms with Gasteiger partial charge in [0.25, 0.3) is 0 Å². The van der Waals surface area contributed by atoms with Gasteiger partial charge in [-0.25, -0.2) is 4.79 Å². The zero-order valence-corrected chi connectivity index (χ0v) is 38.7. The second-order valence-electron chi connectivity index (χ2n) is 17.5. The first kappa shape index (κ1) is 56.1. The van der Waals surface area contributed by atoms with Crippen LogP contribution >= 0.6 is 11.8 Å². The van der Waals surface area contributed by atoms with Crippen molar-refractivity contribution >= 4 is 59.3 Å². The number of hydrogen-bond acceptors (Lipinski definition) is 15. The molecule has 0 aliphatic heterocycles. The Morgan fingerprint density at radius 3 is 1.58 bits per heavy atom. The standard InChI is InChI=1S/C42H74N4O13S/c1-12-14-16-18-33(48)55-25-28(56-34(49)19-17-15-13-2)26-60-27-29(43)37(52)44-24-32(47)45-30(20-22-35(50)57-40(3,4)5)38(53)46-31(39(54)59-42(9,10)11)21-23-36(51)58-41(6,7)8/h28-31H,12-27,43H2,1-11H3,(H,44,52)(H,45,47)(H,46,53)/t28-,29+,30+,31+/m1/s1. The van der Waals surface area contributed by atoms with Crippen molar-refractivity contribution in [2.45, 2.75) is 194 Å². The van der Waals surface area contributed by atoms with Gasteiger partial charge in [-0.3, -0.25) is 33.6 Å². The van der Waals surface area contributed by atoms with Crippen molar-refractivity contribution in [3.63, 3.8) is 0 Å². The van der Waals surface area contributed by atoms with Crippen LogP contribution in [0.3, 0.4) is 0 Å². The van der Waals surface area contributed by atoms with Crippen molar-refractivity contribution in [1.29, 1.82) is 0 Å². The van der Waals surface area contributed by atoms with E-state index >= 15 is 0 Å². The molecule has 0 rings (SSSR count). The third-order valence-corrected chi connectivity index (χ3v) is 9.03. The minimum atomic E-state index is -1.38. The van der Waals surface area contributed by atoms with Crippen LogP contribution in [-0.4, -0.2) is 113 Å². The molecule has 0 unspecified atom stereocenters. The monoisotopic (exact) mass is 874 g/mol. The van der Waals surface area contributed by atoms with Crippen molar-refractivity contribution in [3.05, 3.63) is 0 Å². The molecule has 0 spiro atoms. The van der Waals surface area contributed by atoms with Gasteiger partial charge in [0.15, 0.2) is 0 Å². The van der Waals surface area contributed by atoms with Crippen molar-refractivity contribution < 1.29 is 62.0 Å². The Morgan fingerprint density at radius 1 is 0.583 bits per heavy atom. The van der Waals surface area contributed by atoms with E-state index in [1.807, 2.05) is 13.8 Å². The SMILES string of the molecule is CCCCCC(=O)OC[C@H](CSC[C@H](N)C(=O)NCC(=O)N[C@@H](CCC(=O)OC(C)(C)C)C(=O)N[C@@H](CCC(=O)OC(C)(C)C)C(=O)OC(C)(C)C)OC(=O)CCCCC. The highest BCUT2D eigenvalue weighted by atomic mass is 32.2. The molecular weight excluding hydrogens is 801 g/mol. The Labute approximate surface area is 361 Å². The first-order chi connectivity index (χ1) is 27.7. The molecular formula is C42H74N4O13S. The first-order valence-electron chi connectivity index (χ1n) is 21.0. The van der Waals surface area contributed by atoms with E-state index in [9.17, 15) is 38.4 Å². The molecule has 0 aromatic heterocycles. The van der Waals surface area contributed by atoms with E-state index in [1.165, 1.54) is 11.8 Å². The molecule has 0 saturated carbocycles. The van der Waals surface area contributed by atoms with Crippen LogP contribution in [0.2, 0.25) is 0 Å². The molecule has 18 heteroatoms. The zero-order valence-electron chi connectivity index (χ0n) is 37.9. The lowest BCUT2D eigenvalue weighted by atomic mass is 10.1. The number of esters is 5. The smallest absolute Gasteiger partial charge is 0.329 e. The maximum atomic E-state index is 13.7.